The van der Waals surface area contributed by atoms with Crippen molar-refractivity contribution >= 4 is 48.2 Å². The number of H-pyrrole nitrogens is 1. The van der Waals surface area contributed by atoms with Crippen LogP contribution in [-0.4, -0.2) is 72.0 Å². The fourth-order valence-electron chi connectivity index (χ4n) is 6.72. The lowest BCUT2D eigenvalue weighted by atomic mass is 9.98. The van der Waals surface area contributed by atoms with E-state index in [9.17, 15) is 28.5 Å². The predicted molar refractivity (Wildman–Crippen MR) is 217 cm³/mol. The van der Waals surface area contributed by atoms with Gasteiger partial charge in [0.05, 0.1) is 29.8 Å². The van der Waals surface area contributed by atoms with Crippen molar-refractivity contribution < 1.29 is 32.7 Å². The normalized spacial score (nSPS) is 17.8. The first-order chi connectivity index (χ1) is 27.6. The highest BCUT2D eigenvalue weighted by Gasteiger charge is 2.34. The number of carbonyl (C=O) groups excluding carboxylic acids is 3. The average molecular weight is 821 g/mol. The number of hydrogen-bond acceptors (Lipinski definition) is 10. The molecule has 58 heavy (non-hydrogen) atoms. The number of amides is 3. The topological polar surface area (TPSA) is 238 Å². The first-order valence-corrected chi connectivity index (χ1v) is 20.4. The van der Waals surface area contributed by atoms with E-state index >= 15 is 0 Å². The molecule has 310 valence electrons. The minimum Gasteiger partial charge on any atom is -0.350 e. The smallest absolute Gasteiger partial charge is 0.350 e. The molecule has 6 rings (SSSR count). The van der Waals surface area contributed by atoms with Gasteiger partial charge in [-0.25, -0.2) is 9.36 Å². The molecule has 0 spiro atoms. The average Bonchev–Trinajstić information content (AvgIpc) is 3.95. The van der Waals surface area contributed by atoms with E-state index in [1.165, 1.54) is 22.9 Å². The number of carbonyl (C=O) groups is 3. The number of aromatic nitrogens is 5. The quantitative estimate of drug-likeness (QED) is 0.0523. The maximum Gasteiger partial charge on any atom is 0.433 e. The number of rotatable bonds is 16. The van der Waals surface area contributed by atoms with E-state index < -0.39 is 43.1 Å². The summed E-state index contributed by atoms with van der Waals surface area (Å²) in [6.45, 7) is 3.39. The zero-order valence-electron chi connectivity index (χ0n) is 33.0. The van der Waals surface area contributed by atoms with Crippen molar-refractivity contribution in [2.75, 3.05) is 28.9 Å². The van der Waals surface area contributed by atoms with E-state index in [4.69, 9.17) is 19.2 Å². The molecule has 1 aliphatic heterocycles. The van der Waals surface area contributed by atoms with Gasteiger partial charge in [-0.05, 0) is 51.0 Å². The Labute approximate surface area is 333 Å². The summed E-state index contributed by atoms with van der Waals surface area (Å²) in [5.41, 5.74) is 1.52. The van der Waals surface area contributed by atoms with Gasteiger partial charge in [0.2, 0.25) is 0 Å². The van der Waals surface area contributed by atoms with E-state index in [1.807, 2.05) is 0 Å². The van der Waals surface area contributed by atoms with Crippen LogP contribution in [0.1, 0.15) is 88.7 Å². The van der Waals surface area contributed by atoms with E-state index in [0.29, 0.717) is 59.8 Å². The van der Waals surface area contributed by atoms with Crippen molar-refractivity contribution in [1.29, 1.82) is 5.41 Å². The fraction of sp³-hybridized carbons (Fsp3) is 0.421. The van der Waals surface area contributed by atoms with E-state index in [2.05, 4.69) is 26.0 Å². The van der Waals surface area contributed by atoms with Gasteiger partial charge in [0.15, 0.2) is 6.23 Å². The van der Waals surface area contributed by atoms with E-state index in [0.717, 1.165) is 19.3 Å². The number of aryl methyl sites for hydroxylation is 4. The van der Waals surface area contributed by atoms with Crippen molar-refractivity contribution in [3.63, 3.8) is 0 Å². The first-order valence-electron chi connectivity index (χ1n) is 18.9. The van der Waals surface area contributed by atoms with Crippen LogP contribution in [0.15, 0.2) is 64.7 Å². The Morgan fingerprint density at radius 2 is 1.43 bits per heavy atom. The second-order valence-corrected chi connectivity index (χ2v) is 16.3. The number of anilines is 3. The lowest BCUT2D eigenvalue weighted by molar-refractivity contribution is -0.0101. The zero-order valence-corrected chi connectivity index (χ0v) is 33.9. The van der Waals surface area contributed by atoms with Gasteiger partial charge in [-0.3, -0.25) is 42.9 Å². The van der Waals surface area contributed by atoms with Crippen LogP contribution in [0.2, 0.25) is 0 Å². The molecule has 5 heterocycles. The van der Waals surface area contributed by atoms with Gasteiger partial charge in [0.1, 0.15) is 23.2 Å². The third-order valence-electron chi connectivity index (χ3n) is 9.75. The van der Waals surface area contributed by atoms with Gasteiger partial charge < -0.3 is 39.8 Å². The van der Waals surface area contributed by atoms with Gasteiger partial charge in [0, 0.05) is 70.2 Å². The largest absolute Gasteiger partial charge is 0.433 e. The summed E-state index contributed by atoms with van der Waals surface area (Å²) in [6.07, 6.45) is 12.5. The number of hydrogen-bond donors (Lipinski definition) is 6. The Morgan fingerprint density at radius 1 is 0.862 bits per heavy atom. The monoisotopic (exact) mass is 820 g/mol. The Balaban J connectivity index is 1.09. The maximum atomic E-state index is 14.3. The lowest BCUT2D eigenvalue weighted by Crippen LogP contribution is -2.33. The molecule has 0 radical (unpaired) electrons. The minimum absolute atomic E-state index is 0.183. The molecule has 6 N–H and O–H groups in total. The van der Waals surface area contributed by atoms with Gasteiger partial charge >= 0.3 is 13.4 Å². The van der Waals surface area contributed by atoms with Crippen LogP contribution in [0, 0.1) is 12.3 Å². The second-order valence-electron chi connectivity index (χ2n) is 14.6. The number of nitrogens with zero attached hydrogens (tertiary/aromatic N) is 4. The second kappa shape index (κ2) is 17.8. The highest BCUT2D eigenvalue weighted by molar-refractivity contribution is 7.55. The van der Waals surface area contributed by atoms with Crippen molar-refractivity contribution in [3.8, 4) is 0 Å². The third kappa shape index (κ3) is 10.2. The number of nitrogens with one attached hydrogen (secondary N) is 6. The van der Waals surface area contributed by atoms with Crippen LogP contribution in [0.4, 0.5) is 17.1 Å². The van der Waals surface area contributed by atoms with Crippen LogP contribution in [0.5, 0.6) is 0 Å². The van der Waals surface area contributed by atoms with Crippen molar-refractivity contribution in [3.05, 3.63) is 98.6 Å². The summed E-state index contributed by atoms with van der Waals surface area (Å²) in [4.78, 5) is 65.9. The molecule has 3 amide bonds. The molecule has 19 nitrogen and oxygen atoms in total. The molecule has 1 unspecified atom stereocenters. The molecule has 3 atom stereocenters. The first kappa shape index (κ1) is 41.9. The van der Waals surface area contributed by atoms with Crippen LogP contribution in [0.25, 0.3) is 0 Å². The highest BCUT2D eigenvalue weighted by Crippen LogP contribution is 2.51. The lowest BCUT2D eigenvalue weighted by Gasteiger charge is -2.28. The molecule has 0 aromatic carbocycles. The standard InChI is InChI=1S/C38H49N10O9P/c1-23-18-48(38(53)43-34(23)49)33-12-11-29(56-33)22-55-58(54,57-28-9-7-6-8-10-28)44-27-17-32(47(5)21-27)37(52)42-26-16-31(46(4)20-26)36(51)41-25-15-30(45(3)19-25)35(50)40-14-13-24(2)39/h11-12,15-21,28-29,33,39H,6-10,13-14,22H2,1-5H3,(H,40,50)(H,41,51)(H,42,52)(H,44,54)(H,43,49,53)/t29-,33+,58?/m0/s1. The Kier molecular flexibility index (Phi) is 12.9. The molecular formula is C38H49N10O9P. The molecular weight excluding hydrogens is 771 g/mol. The molecule has 1 fully saturated rings. The molecule has 2 aliphatic rings. The summed E-state index contributed by atoms with van der Waals surface area (Å²) >= 11 is 0. The third-order valence-corrected chi connectivity index (χ3v) is 11.4. The van der Waals surface area contributed by atoms with E-state index in [-0.39, 0.29) is 30.0 Å². The highest BCUT2D eigenvalue weighted by atomic mass is 31.2. The predicted octanol–water partition coefficient (Wildman–Crippen LogP) is 4.56. The molecule has 20 heteroatoms. The summed E-state index contributed by atoms with van der Waals surface area (Å²) in [5.74, 6) is -1.30. The van der Waals surface area contributed by atoms with Crippen LogP contribution >= 0.6 is 7.75 Å². The van der Waals surface area contributed by atoms with Crippen molar-refractivity contribution in [2.24, 2.45) is 21.1 Å². The maximum absolute atomic E-state index is 14.3. The molecule has 1 aliphatic carbocycles. The Hall–Kier alpha value is -5.75. The van der Waals surface area contributed by atoms with Crippen LogP contribution in [0.3, 0.4) is 0 Å². The van der Waals surface area contributed by atoms with Crippen LogP contribution < -0.4 is 32.3 Å². The summed E-state index contributed by atoms with van der Waals surface area (Å²) < 4.78 is 38.2. The summed E-state index contributed by atoms with van der Waals surface area (Å²) in [5, 5.41) is 18.8. The molecule has 4 aromatic heterocycles. The van der Waals surface area contributed by atoms with Gasteiger partial charge in [-0.15, -0.1) is 0 Å². The SMILES string of the molecule is CC(=N)CCNC(=O)c1cc(NC(=O)c2cc(NC(=O)c3cc(NP(=O)(OC[C@@H]4C=C[C@H](n5cc(C)c(=O)[nH]c5=O)O4)OC4CCCCC4)cn3C)cn2C)cn1C. The van der Waals surface area contributed by atoms with Gasteiger partial charge in [0.25, 0.3) is 23.3 Å². The Bertz CT molecular complexity index is 2400. The molecule has 1 saturated carbocycles. The summed E-state index contributed by atoms with van der Waals surface area (Å²) in [7, 11) is 0.950. The zero-order chi connectivity index (χ0) is 41.7. The Morgan fingerprint density at radius 3 is 2.03 bits per heavy atom. The van der Waals surface area contributed by atoms with Crippen molar-refractivity contribution in [2.45, 2.75) is 70.8 Å². The molecule has 4 aromatic rings. The minimum atomic E-state index is -4.04. The van der Waals surface area contributed by atoms with Gasteiger partial charge in [-0.2, -0.15) is 0 Å². The molecule has 0 bridgehead atoms. The van der Waals surface area contributed by atoms with E-state index in [1.54, 1.807) is 85.5 Å². The van der Waals surface area contributed by atoms with Crippen molar-refractivity contribution in [1.82, 2.24) is 28.6 Å². The van der Waals surface area contributed by atoms with Gasteiger partial charge in [-0.1, -0.05) is 25.3 Å². The van der Waals surface area contributed by atoms with Crippen LogP contribution in [-0.2, 0) is 39.5 Å². The number of ether oxygens (including phenoxy) is 1. The fourth-order valence-corrected chi connectivity index (χ4v) is 8.28. The number of aromatic amines is 1. The summed E-state index contributed by atoms with van der Waals surface area (Å²) in [6, 6.07) is 4.58. The molecule has 0 saturated heterocycles.